The number of carbonyl (C=O) groups excluding carboxylic acids is 2. The number of nitrogens with zero attached hydrogens (tertiary/aromatic N) is 2. The minimum atomic E-state index is -0.444. The van der Waals surface area contributed by atoms with Crippen molar-refractivity contribution in [2.24, 2.45) is 23.7 Å². The van der Waals surface area contributed by atoms with Gasteiger partial charge in [0.2, 0.25) is 0 Å². The number of urea groups is 1. The first kappa shape index (κ1) is 15.9. The summed E-state index contributed by atoms with van der Waals surface area (Å²) in [6.07, 6.45) is 7.79. The van der Waals surface area contributed by atoms with Gasteiger partial charge in [-0.25, -0.2) is 9.59 Å². The Bertz CT molecular complexity index is 551. The second kappa shape index (κ2) is 6.06. The Hall–Kier alpha value is -1.56. The van der Waals surface area contributed by atoms with E-state index in [-0.39, 0.29) is 24.0 Å². The highest BCUT2D eigenvalue weighted by atomic mass is 16.7. The normalized spacial score (nSPS) is 40.3. The molecule has 24 heavy (non-hydrogen) atoms. The molecule has 4 aliphatic rings. The molecular formula is C18H26N2O4. The van der Waals surface area contributed by atoms with Crippen LogP contribution in [0.3, 0.4) is 0 Å². The highest BCUT2D eigenvalue weighted by molar-refractivity contribution is 5.86. The largest absolute Gasteiger partial charge is 0.467 e. The number of carbonyl (C=O) groups is 2. The molecule has 0 aromatic heterocycles. The molecule has 132 valence electrons. The Balaban J connectivity index is 1.67. The number of piperidine rings is 1. The number of esters is 1. The molecule has 2 saturated heterocycles. The standard InChI is InChI=1S/C18H26N2O4/c1-3-9-24-20-13-10-19(18(20)22)16(17(21)23-2)15-12-8-6-4-5-7-11(12)14(13)15/h3,11-16H,1,4-10H2,2H3/t11?,12?,13?,14?,15-,16-/m0/s1. The lowest BCUT2D eigenvalue weighted by Gasteiger charge is -2.59. The molecule has 6 atom stereocenters. The molecule has 4 unspecified atom stereocenters. The number of fused-ring (bicyclic) bond motifs is 7. The minimum Gasteiger partial charge on any atom is -0.467 e. The average Bonchev–Trinajstić information content (AvgIpc) is 2.73. The lowest BCUT2D eigenvalue weighted by atomic mass is 9.49. The van der Waals surface area contributed by atoms with Crippen molar-refractivity contribution in [3.8, 4) is 0 Å². The van der Waals surface area contributed by atoms with E-state index in [0.29, 0.717) is 30.9 Å². The molecule has 6 nitrogen and oxygen atoms in total. The molecule has 0 spiro atoms. The molecule has 4 rings (SSSR count). The van der Waals surface area contributed by atoms with Crippen molar-refractivity contribution in [2.45, 2.75) is 44.2 Å². The van der Waals surface area contributed by atoms with Gasteiger partial charge in [-0.2, -0.15) is 5.06 Å². The van der Waals surface area contributed by atoms with E-state index in [1.54, 1.807) is 11.0 Å². The maximum absolute atomic E-state index is 12.8. The number of ether oxygens (including phenoxy) is 1. The van der Waals surface area contributed by atoms with Crippen molar-refractivity contribution in [1.82, 2.24) is 9.96 Å². The molecule has 2 amide bonds. The van der Waals surface area contributed by atoms with E-state index in [9.17, 15) is 9.59 Å². The number of hydroxylamine groups is 2. The summed E-state index contributed by atoms with van der Waals surface area (Å²) in [5.74, 6) is 1.45. The fourth-order valence-corrected chi connectivity index (χ4v) is 5.76. The third-order valence-corrected chi connectivity index (χ3v) is 6.60. The summed E-state index contributed by atoms with van der Waals surface area (Å²) in [6, 6.07) is -0.579. The number of hydrogen-bond donors (Lipinski definition) is 0. The van der Waals surface area contributed by atoms with Crippen LogP contribution in [0.25, 0.3) is 0 Å². The van der Waals surface area contributed by atoms with Gasteiger partial charge in [0.25, 0.3) is 0 Å². The third-order valence-electron chi connectivity index (χ3n) is 6.60. The zero-order chi connectivity index (χ0) is 16.8. The lowest BCUT2D eigenvalue weighted by Crippen LogP contribution is -2.66. The van der Waals surface area contributed by atoms with Gasteiger partial charge in [0.05, 0.1) is 19.8 Å². The summed E-state index contributed by atoms with van der Waals surface area (Å²) in [6.45, 7) is 4.54. The van der Waals surface area contributed by atoms with Crippen molar-refractivity contribution in [3.63, 3.8) is 0 Å². The van der Waals surface area contributed by atoms with Gasteiger partial charge >= 0.3 is 12.0 Å². The Labute approximate surface area is 142 Å². The summed E-state index contributed by atoms with van der Waals surface area (Å²) in [5.41, 5.74) is 0. The van der Waals surface area contributed by atoms with E-state index in [4.69, 9.17) is 9.57 Å². The van der Waals surface area contributed by atoms with Gasteiger partial charge in [-0.15, -0.1) is 6.58 Å². The Morgan fingerprint density at radius 2 is 1.96 bits per heavy atom. The summed E-state index contributed by atoms with van der Waals surface area (Å²) < 4.78 is 5.06. The first-order valence-electron chi connectivity index (χ1n) is 9.10. The van der Waals surface area contributed by atoms with Crippen LogP contribution in [0.5, 0.6) is 0 Å². The van der Waals surface area contributed by atoms with Crippen LogP contribution in [-0.2, 0) is 14.4 Å². The quantitative estimate of drug-likeness (QED) is 0.584. The molecule has 0 N–H and O–H groups in total. The molecule has 4 fully saturated rings. The van der Waals surface area contributed by atoms with E-state index in [1.807, 2.05) is 0 Å². The fourth-order valence-electron chi connectivity index (χ4n) is 5.76. The Kier molecular flexibility index (Phi) is 4.03. The number of hydrogen-bond acceptors (Lipinski definition) is 4. The maximum Gasteiger partial charge on any atom is 0.345 e. The minimum absolute atomic E-state index is 0.0581. The van der Waals surface area contributed by atoms with Gasteiger partial charge in [0.1, 0.15) is 6.04 Å². The van der Waals surface area contributed by atoms with Gasteiger partial charge in [-0.05, 0) is 36.5 Å². The highest BCUT2D eigenvalue weighted by Crippen LogP contribution is 2.60. The first-order valence-corrected chi connectivity index (χ1v) is 9.10. The lowest BCUT2D eigenvalue weighted by molar-refractivity contribution is -0.188. The molecule has 2 aliphatic heterocycles. The Morgan fingerprint density at radius 3 is 2.62 bits per heavy atom. The third kappa shape index (κ3) is 2.11. The molecule has 6 heteroatoms. The second-order valence-electron chi connectivity index (χ2n) is 7.50. The predicted molar refractivity (Wildman–Crippen MR) is 86.7 cm³/mol. The van der Waals surface area contributed by atoms with Gasteiger partial charge < -0.3 is 9.64 Å². The molecule has 0 aromatic rings. The van der Waals surface area contributed by atoms with Crippen molar-refractivity contribution >= 4 is 12.0 Å². The summed E-state index contributed by atoms with van der Waals surface area (Å²) in [5, 5.41) is 1.52. The molecular weight excluding hydrogens is 308 g/mol. The van der Waals surface area contributed by atoms with Crippen LogP contribution in [0.15, 0.2) is 12.7 Å². The fraction of sp³-hybridized carbons (Fsp3) is 0.778. The van der Waals surface area contributed by atoms with E-state index < -0.39 is 6.04 Å². The van der Waals surface area contributed by atoms with Gasteiger partial charge in [0, 0.05) is 6.54 Å². The number of methoxy groups -OCH3 is 1. The monoisotopic (exact) mass is 334 g/mol. The van der Waals surface area contributed by atoms with Crippen molar-refractivity contribution < 1.29 is 19.2 Å². The van der Waals surface area contributed by atoms with Crippen molar-refractivity contribution in [1.29, 1.82) is 0 Å². The smallest absolute Gasteiger partial charge is 0.345 e. The first-order chi connectivity index (χ1) is 11.7. The molecule has 2 saturated carbocycles. The molecule has 0 radical (unpaired) electrons. The van der Waals surface area contributed by atoms with E-state index >= 15 is 0 Å². The van der Waals surface area contributed by atoms with Crippen LogP contribution in [0.2, 0.25) is 0 Å². The van der Waals surface area contributed by atoms with Crippen LogP contribution < -0.4 is 0 Å². The molecule has 0 aromatic carbocycles. The topological polar surface area (TPSA) is 59.1 Å². The van der Waals surface area contributed by atoms with Crippen LogP contribution in [0.4, 0.5) is 4.79 Å². The molecule has 2 bridgehead atoms. The zero-order valence-corrected chi connectivity index (χ0v) is 14.2. The van der Waals surface area contributed by atoms with Crippen molar-refractivity contribution in [3.05, 3.63) is 12.7 Å². The van der Waals surface area contributed by atoms with E-state index in [2.05, 4.69) is 6.58 Å². The molecule has 2 heterocycles. The van der Waals surface area contributed by atoms with Crippen LogP contribution in [0, 0.1) is 23.7 Å². The molecule has 2 aliphatic carbocycles. The van der Waals surface area contributed by atoms with Crippen LogP contribution in [-0.4, -0.2) is 54.3 Å². The average molecular weight is 334 g/mol. The zero-order valence-electron chi connectivity index (χ0n) is 14.2. The van der Waals surface area contributed by atoms with Crippen LogP contribution >= 0.6 is 0 Å². The van der Waals surface area contributed by atoms with E-state index in [1.165, 1.54) is 44.3 Å². The van der Waals surface area contributed by atoms with Gasteiger partial charge in [0.15, 0.2) is 0 Å². The summed E-state index contributed by atoms with van der Waals surface area (Å²) in [4.78, 5) is 32.6. The van der Waals surface area contributed by atoms with Crippen molar-refractivity contribution in [2.75, 3.05) is 20.3 Å². The maximum atomic E-state index is 12.8. The van der Waals surface area contributed by atoms with E-state index in [0.717, 1.165) is 0 Å². The SMILES string of the molecule is C=CCON1C(=O)N2CC1C1C3CCCCCC3[C@@H]1[C@H]2C(=O)OC. The number of rotatable bonds is 4. The van der Waals surface area contributed by atoms with Gasteiger partial charge in [-0.1, -0.05) is 25.3 Å². The van der Waals surface area contributed by atoms with Crippen LogP contribution in [0.1, 0.15) is 32.1 Å². The second-order valence-corrected chi connectivity index (χ2v) is 7.50. The predicted octanol–water partition coefficient (Wildman–Crippen LogP) is 2.21. The summed E-state index contributed by atoms with van der Waals surface area (Å²) in [7, 11) is 1.42. The number of amides is 2. The van der Waals surface area contributed by atoms with Gasteiger partial charge in [-0.3, -0.25) is 4.84 Å². The highest BCUT2D eigenvalue weighted by Gasteiger charge is 2.67. The Morgan fingerprint density at radius 1 is 1.25 bits per heavy atom. The summed E-state index contributed by atoms with van der Waals surface area (Å²) >= 11 is 0.